The summed E-state index contributed by atoms with van der Waals surface area (Å²) < 4.78 is 4.83. The van der Waals surface area contributed by atoms with Gasteiger partial charge in [-0.3, -0.25) is 4.79 Å². The number of ether oxygens (including phenoxy) is 1. The first kappa shape index (κ1) is 15.8. The fourth-order valence-corrected chi connectivity index (χ4v) is 2.37. The SMILES string of the molecule is CCOC(=O)N[C@@H](C(=O)NC1CCCCC1)C(C)C. The van der Waals surface area contributed by atoms with Crippen molar-refractivity contribution in [2.75, 3.05) is 6.61 Å². The highest BCUT2D eigenvalue weighted by Crippen LogP contribution is 2.17. The van der Waals surface area contributed by atoms with Crippen molar-refractivity contribution in [3.63, 3.8) is 0 Å². The molecular weight excluding hydrogens is 244 g/mol. The molecule has 0 radical (unpaired) electrons. The van der Waals surface area contributed by atoms with Crippen LogP contribution in [-0.4, -0.2) is 30.7 Å². The maximum atomic E-state index is 12.2. The van der Waals surface area contributed by atoms with Gasteiger partial charge >= 0.3 is 6.09 Å². The molecule has 1 fully saturated rings. The Hall–Kier alpha value is -1.26. The number of alkyl carbamates (subject to hydrolysis) is 1. The third-order valence-corrected chi connectivity index (χ3v) is 3.45. The third-order valence-electron chi connectivity index (χ3n) is 3.45. The Morgan fingerprint density at radius 3 is 2.37 bits per heavy atom. The number of carbonyl (C=O) groups is 2. The minimum Gasteiger partial charge on any atom is -0.450 e. The molecule has 1 aliphatic carbocycles. The lowest BCUT2D eigenvalue weighted by atomic mass is 9.94. The van der Waals surface area contributed by atoms with Gasteiger partial charge in [-0.15, -0.1) is 0 Å². The lowest BCUT2D eigenvalue weighted by molar-refractivity contribution is -0.125. The predicted molar refractivity (Wildman–Crippen MR) is 73.8 cm³/mol. The van der Waals surface area contributed by atoms with E-state index in [1.54, 1.807) is 6.92 Å². The maximum Gasteiger partial charge on any atom is 0.407 e. The van der Waals surface area contributed by atoms with Gasteiger partial charge in [-0.25, -0.2) is 4.79 Å². The third kappa shape index (κ3) is 5.49. The normalized spacial score (nSPS) is 17.9. The molecule has 1 saturated carbocycles. The van der Waals surface area contributed by atoms with E-state index in [-0.39, 0.29) is 17.9 Å². The summed E-state index contributed by atoms with van der Waals surface area (Å²) in [5, 5.41) is 5.67. The molecule has 1 aliphatic rings. The lowest BCUT2D eigenvalue weighted by Crippen LogP contribution is -2.52. The number of hydrogen-bond donors (Lipinski definition) is 2. The van der Waals surface area contributed by atoms with Crippen LogP contribution in [0.15, 0.2) is 0 Å². The van der Waals surface area contributed by atoms with E-state index in [0.717, 1.165) is 12.8 Å². The van der Waals surface area contributed by atoms with Crippen molar-refractivity contribution in [2.24, 2.45) is 5.92 Å². The minimum absolute atomic E-state index is 0.0352. The standard InChI is InChI=1S/C14H26N2O3/c1-4-19-14(18)16-12(10(2)3)13(17)15-11-8-6-5-7-9-11/h10-12H,4-9H2,1-3H3,(H,15,17)(H,16,18)/t12-/m1/s1. The topological polar surface area (TPSA) is 67.4 Å². The van der Waals surface area contributed by atoms with Crippen LogP contribution in [0.25, 0.3) is 0 Å². The van der Waals surface area contributed by atoms with Crippen molar-refractivity contribution in [1.82, 2.24) is 10.6 Å². The molecule has 0 bridgehead atoms. The van der Waals surface area contributed by atoms with E-state index in [4.69, 9.17) is 4.74 Å². The molecule has 110 valence electrons. The summed E-state index contributed by atoms with van der Waals surface area (Å²) >= 11 is 0. The second-order valence-corrected chi connectivity index (χ2v) is 5.43. The zero-order chi connectivity index (χ0) is 14.3. The summed E-state index contributed by atoms with van der Waals surface area (Å²) in [6.07, 6.45) is 5.14. The summed E-state index contributed by atoms with van der Waals surface area (Å²) in [5.41, 5.74) is 0. The summed E-state index contributed by atoms with van der Waals surface area (Å²) in [5.74, 6) is -0.0667. The van der Waals surface area contributed by atoms with Crippen molar-refractivity contribution >= 4 is 12.0 Å². The van der Waals surface area contributed by atoms with Crippen molar-refractivity contribution in [1.29, 1.82) is 0 Å². The fourth-order valence-electron chi connectivity index (χ4n) is 2.37. The van der Waals surface area contributed by atoms with E-state index in [9.17, 15) is 9.59 Å². The number of amides is 2. The highest BCUT2D eigenvalue weighted by atomic mass is 16.5. The quantitative estimate of drug-likeness (QED) is 0.805. The molecule has 0 aliphatic heterocycles. The van der Waals surface area contributed by atoms with Crippen LogP contribution in [0.5, 0.6) is 0 Å². The Morgan fingerprint density at radius 2 is 1.84 bits per heavy atom. The van der Waals surface area contributed by atoms with Crippen LogP contribution in [0.4, 0.5) is 4.79 Å². The summed E-state index contributed by atoms with van der Waals surface area (Å²) in [6, 6.07) is -0.271. The summed E-state index contributed by atoms with van der Waals surface area (Å²) in [4.78, 5) is 23.7. The average molecular weight is 270 g/mol. The highest BCUT2D eigenvalue weighted by molar-refractivity contribution is 5.86. The number of carbonyl (C=O) groups excluding carboxylic acids is 2. The number of hydrogen-bond acceptors (Lipinski definition) is 3. The van der Waals surface area contributed by atoms with Crippen molar-refractivity contribution in [2.45, 2.75) is 65.0 Å². The van der Waals surface area contributed by atoms with Crippen LogP contribution in [0.2, 0.25) is 0 Å². The van der Waals surface area contributed by atoms with Crippen LogP contribution in [0.1, 0.15) is 52.9 Å². The second-order valence-electron chi connectivity index (χ2n) is 5.43. The van der Waals surface area contributed by atoms with E-state index in [1.165, 1.54) is 19.3 Å². The first-order valence-corrected chi connectivity index (χ1v) is 7.28. The van der Waals surface area contributed by atoms with Crippen LogP contribution in [-0.2, 0) is 9.53 Å². The van der Waals surface area contributed by atoms with Gasteiger partial charge in [0.05, 0.1) is 6.61 Å². The number of rotatable bonds is 5. The van der Waals surface area contributed by atoms with Gasteiger partial charge in [-0.1, -0.05) is 33.1 Å². The van der Waals surface area contributed by atoms with Gasteiger partial charge < -0.3 is 15.4 Å². The van der Waals surface area contributed by atoms with Gasteiger partial charge in [0.25, 0.3) is 0 Å². The smallest absolute Gasteiger partial charge is 0.407 e. The molecule has 0 aromatic rings. The predicted octanol–water partition coefficient (Wildman–Crippen LogP) is 2.21. The Morgan fingerprint density at radius 1 is 1.21 bits per heavy atom. The second kappa shape index (κ2) is 8.02. The highest BCUT2D eigenvalue weighted by Gasteiger charge is 2.27. The lowest BCUT2D eigenvalue weighted by Gasteiger charge is -2.27. The largest absolute Gasteiger partial charge is 0.450 e. The van der Waals surface area contributed by atoms with E-state index in [0.29, 0.717) is 6.61 Å². The van der Waals surface area contributed by atoms with E-state index >= 15 is 0 Å². The Bertz CT molecular complexity index is 299. The van der Waals surface area contributed by atoms with E-state index in [1.807, 2.05) is 13.8 Å². The molecule has 1 atom stereocenters. The van der Waals surface area contributed by atoms with Crippen LogP contribution in [0, 0.1) is 5.92 Å². The molecule has 0 unspecified atom stereocenters. The van der Waals surface area contributed by atoms with E-state index in [2.05, 4.69) is 10.6 Å². The van der Waals surface area contributed by atoms with Crippen LogP contribution in [0.3, 0.4) is 0 Å². The Kier molecular flexibility index (Phi) is 6.67. The zero-order valence-electron chi connectivity index (χ0n) is 12.2. The van der Waals surface area contributed by atoms with Gasteiger partial charge in [-0.2, -0.15) is 0 Å². The molecule has 1 rings (SSSR count). The number of nitrogens with one attached hydrogen (secondary N) is 2. The average Bonchev–Trinajstić information content (AvgIpc) is 2.37. The molecule has 0 aromatic carbocycles. The zero-order valence-corrected chi connectivity index (χ0v) is 12.2. The first-order chi connectivity index (χ1) is 9.04. The van der Waals surface area contributed by atoms with Gasteiger partial charge in [0, 0.05) is 6.04 Å². The van der Waals surface area contributed by atoms with E-state index < -0.39 is 12.1 Å². The minimum atomic E-state index is -0.528. The molecule has 5 nitrogen and oxygen atoms in total. The molecule has 0 heterocycles. The maximum absolute atomic E-state index is 12.2. The van der Waals surface area contributed by atoms with Crippen molar-refractivity contribution < 1.29 is 14.3 Å². The van der Waals surface area contributed by atoms with Crippen LogP contribution < -0.4 is 10.6 Å². The van der Waals surface area contributed by atoms with Gasteiger partial charge in [0.1, 0.15) is 6.04 Å². The summed E-state index contributed by atoms with van der Waals surface area (Å²) in [6.45, 7) is 5.88. The van der Waals surface area contributed by atoms with Crippen LogP contribution >= 0.6 is 0 Å². The Labute approximate surface area is 115 Å². The Balaban J connectivity index is 2.49. The van der Waals surface area contributed by atoms with Gasteiger partial charge in [0.2, 0.25) is 5.91 Å². The summed E-state index contributed by atoms with van der Waals surface area (Å²) in [7, 11) is 0. The monoisotopic (exact) mass is 270 g/mol. The van der Waals surface area contributed by atoms with Crippen molar-refractivity contribution in [3.05, 3.63) is 0 Å². The molecule has 2 N–H and O–H groups in total. The molecule has 2 amide bonds. The molecular formula is C14H26N2O3. The molecule has 5 heteroatoms. The van der Waals surface area contributed by atoms with Gasteiger partial charge in [-0.05, 0) is 25.7 Å². The van der Waals surface area contributed by atoms with Gasteiger partial charge in [0.15, 0.2) is 0 Å². The van der Waals surface area contributed by atoms with Crippen molar-refractivity contribution in [3.8, 4) is 0 Å². The first-order valence-electron chi connectivity index (χ1n) is 7.28. The molecule has 0 aromatic heterocycles. The molecule has 19 heavy (non-hydrogen) atoms. The molecule has 0 spiro atoms. The molecule has 0 saturated heterocycles. The fraction of sp³-hybridized carbons (Fsp3) is 0.857.